The Morgan fingerprint density at radius 3 is 2.87 bits per heavy atom. The molecule has 23 heavy (non-hydrogen) atoms. The second-order valence-electron chi connectivity index (χ2n) is 5.22. The molecular formula is C17H12N4O2. The smallest absolute Gasteiger partial charge is 0.270 e. The van der Waals surface area contributed by atoms with Gasteiger partial charge in [-0.1, -0.05) is 0 Å². The number of aromatic amines is 1. The van der Waals surface area contributed by atoms with Crippen LogP contribution in [0.5, 0.6) is 0 Å². The Kier molecular flexibility index (Phi) is 2.94. The van der Waals surface area contributed by atoms with Crippen LogP contribution in [0.15, 0.2) is 60.9 Å². The van der Waals surface area contributed by atoms with Crippen molar-refractivity contribution in [3.63, 3.8) is 0 Å². The maximum atomic E-state index is 11.0. The number of hydrogen-bond acceptors (Lipinski definition) is 4. The van der Waals surface area contributed by atoms with Crippen LogP contribution in [0.4, 0.5) is 17.1 Å². The summed E-state index contributed by atoms with van der Waals surface area (Å²) in [6, 6.07) is 14.4. The van der Waals surface area contributed by atoms with Crippen LogP contribution in [0.1, 0.15) is 0 Å². The van der Waals surface area contributed by atoms with Crippen LogP contribution in [0, 0.1) is 10.1 Å². The molecule has 0 amide bonds. The van der Waals surface area contributed by atoms with Crippen molar-refractivity contribution in [2.24, 2.45) is 0 Å². The minimum atomic E-state index is -0.401. The molecule has 0 unspecified atom stereocenters. The van der Waals surface area contributed by atoms with Gasteiger partial charge in [-0.3, -0.25) is 15.1 Å². The lowest BCUT2D eigenvalue weighted by molar-refractivity contribution is -0.384. The van der Waals surface area contributed by atoms with E-state index < -0.39 is 4.92 Å². The molecule has 112 valence electrons. The monoisotopic (exact) mass is 304 g/mol. The molecule has 2 aromatic carbocycles. The highest BCUT2D eigenvalue weighted by atomic mass is 16.6. The number of nitro groups is 1. The summed E-state index contributed by atoms with van der Waals surface area (Å²) in [4.78, 5) is 18.0. The van der Waals surface area contributed by atoms with Gasteiger partial charge in [0.05, 0.1) is 10.4 Å². The Balaban J connectivity index is 1.80. The largest absolute Gasteiger partial charge is 0.361 e. The first-order valence-corrected chi connectivity index (χ1v) is 7.08. The van der Waals surface area contributed by atoms with E-state index in [0.717, 1.165) is 27.7 Å². The predicted octanol–water partition coefficient (Wildman–Crippen LogP) is 4.37. The Morgan fingerprint density at radius 2 is 2.00 bits per heavy atom. The number of nitrogens with zero attached hydrogens (tertiary/aromatic N) is 2. The quantitative estimate of drug-likeness (QED) is 0.435. The first-order valence-electron chi connectivity index (χ1n) is 7.08. The van der Waals surface area contributed by atoms with Crippen LogP contribution < -0.4 is 5.32 Å². The summed E-state index contributed by atoms with van der Waals surface area (Å²) >= 11 is 0. The van der Waals surface area contributed by atoms with Crippen LogP contribution in [0.25, 0.3) is 21.8 Å². The molecule has 0 aliphatic carbocycles. The Bertz CT molecular complexity index is 1040. The highest BCUT2D eigenvalue weighted by Gasteiger charge is 2.10. The fourth-order valence-corrected chi connectivity index (χ4v) is 2.64. The SMILES string of the molecule is O=[N+]([O-])c1ccc2nccc(Nc3ccc4[nH]ccc4c3)c2c1. The highest BCUT2D eigenvalue weighted by molar-refractivity contribution is 5.95. The second kappa shape index (κ2) is 5.10. The maximum Gasteiger partial charge on any atom is 0.270 e. The molecule has 4 aromatic rings. The summed E-state index contributed by atoms with van der Waals surface area (Å²) in [5.74, 6) is 0. The second-order valence-corrected chi connectivity index (χ2v) is 5.22. The Morgan fingerprint density at radius 1 is 1.09 bits per heavy atom. The third-order valence-electron chi connectivity index (χ3n) is 3.77. The van der Waals surface area contributed by atoms with Gasteiger partial charge in [0.1, 0.15) is 0 Å². The molecule has 2 heterocycles. The van der Waals surface area contributed by atoms with Crippen LogP contribution in [-0.4, -0.2) is 14.9 Å². The van der Waals surface area contributed by atoms with Crippen LogP contribution in [0.3, 0.4) is 0 Å². The van der Waals surface area contributed by atoms with Crippen molar-refractivity contribution in [1.29, 1.82) is 0 Å². The van der Waals surface area contributed by atoms with E-state index in [9.17, 15) is 10.1 Å². The molecule has 0 saturated carbocycles. The van der Waals surface area contributed by atoms with Crippen molar-refractivity contribution in [2.45, 2.75) is 0 Å². The van der Waals surface area contributed by atoms with Crippen LogP contribution in [0.2, 0.25) is 0 Å². The molecule has 2 aromatic heterocycles. The highest BCUT2D eigenvalue weighted by Crippen LogP contribution is 2.29. The molecule has 0 aliphatic rings. The standard InChI is InChI=1S/C17H12N4O2/c22-21(23)13-2-4-16-14(10-13)17(6-8-19-16)20-12-1-3-15-11(9-12)5-7-18-15/h1-10,18H,(H,19,20). The molecule has 6 nitrogen and oxygen atoms in total. The molecule has 0 bridgehead atoms. The van der Waals surface area contributed by atoms with Gasteiger partial charge in [0.15, 0.2) is 0 Å². The zero-order valence-electron chi connectivity index (χ0n) is 12.0. The number of nitro benzene ring substituents is 1. The van der Waals surface area contributed by atoms with Gasteiger partial charge in [0.2, 0.25) is 0 Å². The summed E-state index contributed by atoms with van der Waals surface area (Å²) in [5, 5.41) is 16.1. The van der Waals surface area contributed by atoms with Gasteiger partial charge in [0.25, 0.3) is 5.69 Å². The number of anilines is 2. The van der Waals surface area contributed by atoms with Gasteiger partial charge >= 0.3 is 0 Å². The summed E-state index contributed by atoms with van der Waals surface area (Å²) in [6.07, 6.45) is 3.57. The lowest BCUT2D eigenvalue weighted by Crippen LogP contribution is -1.94. The van der Waals surface area contributed by atoms with Gasteiger partial charge in [-0.15, -0.1) is 0 Å². The van der Waals surface area contributed by atoms with Gasteiger partial charge < -0.3 is 10.3 Å². The first kappa shape index (κ1) is 13.3. The van der Waals surface area contributed by atoms with Crippen molar-refractivity contribution in [1.82, 2.24) is 9.97 Å². The topological polar surface area (TPSA) is 83.8 Å². The van der Waals surface area contributed by atoms with Gasteiger partial charge in [-0.25, -0.2) is 0 Å². The Hall–Kier alpha value is -3.41. The average Bonchev–Trinajstić information content (AvgIpc) is 3.02. The molecule has 0 radical (unpaired) electrons. The van der Waals surface area contributed by atoms with Gasteiger partial charge in [0, 0.05) is 52.2 Å². The van der Waals surface area contributed by atoms with Crippen molar-refractivity contribution in [2.75, 3.05) is 5.32 Å². The van der Waals surface area contributed by atoms with Crippen LogP contribution in [-0.2, 0) is 0 Å². The normalized spacial score (nSPS) is 11.0. The minimum absolute atomic E-state index is 0.0506. The zero-order valence-corrected chi connectivity index (χ0v) is 12.0. The number of aromatic nitrogens is 2. The molecule has 0 fully saturated rings. The van der Waals surface area contributed by atoms with E-state index >= 15 is 0 Å². The molecule has 0 aliphatic heterocycles. The fraction of sp³-hybridized carbons (Fsp3) is 0. The van der Waals surface area contributed by atoms with Crippen molar-refractivity contribution in [3.05, 3.63) is 71.0 Å². The van der Waals surface area contributed by atoms with E-state index in [1.165, 1.54) is 6.07 Å². The van der Waals surface area contributed by atoms with E-state index in [2.05, 4.69) is 15.3 Å². The lowest BCUT2D eigenvalue weighted by Gasteiger charge is -2.09. The Labute approximate surface area is 130 Å². The summed E-state index contributed by atoms with van der Waals surface area (Å²) in [7, 11) is 0. The summed E-state index contributed by atoms with van der Waals surface area (Å²) < 4.78 is 0. The third kappa shape index (κ3) is 2.36. The maximum absolute atomic E-state index is 11.0. The summed E-state index contributed by atoms with van der Waals surface area (Å²) in [6.45, 7) is 0. The van der Waals surface area contributed by atoms with E-state index in [1.807, 2.05) is 36.5 Å². The van der Waals surface area contributed by atoms with Crippen molar-refractivity contribution in [3.8, 4) is 0 Å². The molecule has 0 atom stereocenters. The molecule has 2 N–H and O–H groups in total. The fourth-order valence-electron chi connectivity index (χ4n) is 2.64. The average molecular weight is 304 g/mol. The lowest BCUT2D eigenvalue weighted by atomic mass is 10.1. The number of benzene rings is 2. The van der Waals surface area contributed by atoms with E-state index in [4.69, 9.17) is 0 Å². The number of H-pyrrole nitrogens is 1. The van der Waals surface area contributed by atoms with Gasteiger partial charge in [-0.2, -0.15) is 0 Å². The van der Waals surface area contributed by atoms with Crippen molar-refractivity contribution >= 4 is 38.9 Å². The third-order valence-corrected chi connectivity index (χ3v) is 3.77. The first-order chi connectivity index (χ1) is 11.2. The predicted molar refractivity (Wildman–Crippen MR) is 90.0 cm³/mol. The van der Waals surface area contributed by atoms with E-state index in [1.54, 1.807) is 18.3 Å². The van der Waals surface area contributed by atoms with Crippen molar-refractivity contribution < 1.29 is 4.92 Å². The number of nitrogens with one attached hydrogen (secondary N) is 2. The number of fused-ring (bicyclic) bond motifs is 2. The number of non-ortho nitro benzene ring substituents is 1. The van der Waals surface area contributed by atoms with Crippen LogP contribution >= 0.6 is 0 Å². The minimum Gasteiger partial charge on any atom is -0.361 e. The number of rotatable bonds is 3. The molecule has 4 rings (SSSR count). The molecule has 0 saturated heterocycles. The zero-order chi connectivity index (χ0) is 15.8. The van der Waals surface area contributed by atoms with E-state index in [0.29, 0.717) is 5.52 Å². The molecule has 0 spiro atoms. The number of hydrogen-bond donors (Lipinski definition) is 2. The number of pyridine rings is 1. The van der Waals surface area contributed by atoms with Gasteiger partial charge in [-0.05, 0) is 36.4 Å². The summed E-state index contributed by atoms with van der Waals surface area (Å²) in [5.41, 5.74) is 3.52. The van der Waals surface area contributed by atoms with E-state index in [-0.39, 0.29) is 5.69 Å². The molecular weight excluding hydrogens is 292 g/mol. The molecule has 6 heteroatoms.